The highest BCUT2D eigenvalue weighted by Crippen LogP contribution is 2.11. The fourth-order valence-corrected chi connectivity index (χ4v) is 1.99. The highest BCUT2D eigenvalue weighted by atomic mass is 16.3. The van der Waals surface area contributed by atoms with Crippen LogP contribution in [0.3, 0.4) is 0 Å². The lowest BCUT2D eigenvalue weighted by Crippen LogP contribution is -2.36. The second-order valence-corrected chi connectivity index (χ2v) is 4.92. The van der Waals surface area contributed by atoms with Gasteiger partial charge in [-0.15, -0.1) is 0 Å². The van der Waals surface area contributed by atoms with Crippen molar-refractivity contribution in [3.63, 3.8) is 0 Å². The largest absolute Gasteiger partial charge is 0.396 e. The van der Waals surface area contributed by atoms with Crippen LogP contribution in [0, 0.1) is 0 Å². The number of urea groups is 1. The lowest BCUT2D eigenvalue weighted by molar-refractivity contribution is 0.241. The third-order valence-corrected chi connectivity index (χ3v) is 3.03. The number of anilines is 1. The molecule has 1 aromatic carbocycles. The van der Waals surface area contributed by atoms with Gasteiger partial charge in [-0.25, -0.2) is 4.79 Å². The number of hydrogen-bond donors (Lipinski definition) is 3. The van der Waals surface area contributed by atoms with Crippen molar-refractivity contribution in [2.45, 2.75) is 25.9 Å². The molecule has 2 amide bonds. The molecule has 112 valence electrons. The Labute approximate surface area is 123 Å². The van der Waals surface area contributed by atoms with Crippen molar-refractivity contribution in [3.05, 3.63) is 48.3 Å². The number of aliphatic hydroxyl groups is 1. The molecule has 0 aliphatic rings. The molecule has 2 rings (SSSR count). The number of nitrogens with one attached hydrogen (secondary N) is 2. The third-order valence-electron chi connectivity index (χ3n) is 3.03. The second kappa shape index (κ2) is 7.44. The van der Waals surface area contributed by atoms with Crippen molar-refractivity contribution < 1.29 is 9.90 Å². The van der Waals surface area contributed by atoms with E-state index in [0.717, 1.165) is 11.3 Å². The van der Waals surface area contributed by atoms with Crippen LogP contribution in [0.25, 0.3) is 0 Å². The quantitative estimate of drug-likeness (QED) is 0.758. The minimum absolute atomic E-state index is 0.0564. The Bertz CT molecular complexity index is 569. The van der Waals surface area contributed by atoms with Gasteiger partial charge in [-0.05, 0) is 37.1 Å². The first kappa shape index (κ1) is 15.1. The summed E-state index contributed by atoms with van der Waals surface area (Å²) >= 11 is 0. The van der Waals surface area contributed by atoms with Crippen molar-refractivity contribution in [1.29, 1.82) is 0 Å². The number of nitrogens with zero attached hydrogens (tertiary/aromatic N) is 2. The molecule has 0 radical (unpaired) electrons. The van der Waals surface area contributed by atoms with Crippen molar-refractivity contribution in [3.8, 4) is 0 Å². The number of carbonyl (C=O) groups excluding carboxylic acids is 1. The summed E-state index contributed by atoms with van der Waals surface area (Å²) in [6.07, 6.45) is 4.16. The SMILES string of the molecule is C[C@H](CCO)NC(=O)Nc1cccc(Cn2cccn2)c1. The number of aromatic nitrogens is 2. The Morgan fingerprint density at radius 3 is 3.00 bits per heavy atom. The van der Waals surface area contributed by atoms with Gasteiger partial charge < -0.3 is 15.7 Å². The lowest BCUT2D eigenvalue weighted by Gasteiger charge is -2.14. The zero-order chi connectivity index (χ0) is 15.1. The molecule has 0 saturated heterocycles. The van der Waals surface area contributed by atoms with Gasteiger partial charge in [0, 0.05) is 30.7 Å². The number of rotatable bonds is 6. The van der Waals surface area contributed by atoms with Gasteiger partial charge in [0.2, 0.25) is 0 Å². The Balaban J connectivity index is 1.93. The first-order chi connectivity index (χ1) is 10.2. The first-order valence-electron chi connectivity index (χ1n) is 6.92. The molecule has 3 N–H and O–H groups in total. The number of benzene rings is 1. The van der Waals surface area contributed by atoms with Crippen LogP contribution in [0.4, 0.5) is 10.5 Å². The molecule has 1 atom stereocenters. The van der Waals surface area contributed by atoms with E-state index >= 15 is 0 Å². The predicted octanol–water partition coefficient (Wildman–Crippen LogP) is 1.82. The van der Waals surface area contributed by atoms with Crippen molar-refractivity contribution in [2.75, 3.05) is 11.9 Å². The highest BCUT2D eigenvalue weighted by Gasteiger charge is 2.07. The van der Waals surface area contributed by atoms with Gasteiger partial charge in [-0.2, -0.15) is 5.10 Å². The van der Waals surface area contributed by atoms with Crippen molar-refractivity contribution in [1.82, 2.24) is 15.1 Å². The van der Waals surface area contributed by atoms with Gasteiger partial charge in [-0.1, -0.05) is 12.1 Å². The van der Waals surface area contributed by atoms with Gasteiger partial charge in [-0.3, -0.25) is 4.68 Å². The summed E-state index contributed by atoms with van der Waals surface area (Å²) in [7, 11) is 0. The van der Waals surface area contributed by atoms with Crippen LogP contribution in [0.1, 0.15) is 18.9 Å². The van der Waals surface area contributed by atoms with Crippen LogP contribution in [0.15, 0.2) is 42.7 Å². The summed E-state index contributed by atoms with van der Waals surface area (Å²) in [5.41, 5.74) is 1.79. The summed E-state index contributed by atoms with van der Waals surface area (Å²) in [6.45, 7) is 2.57. The van der Waals surface area contributed by atoms with Crippen LogP contribution in [-0.2, 0) is 6.54 Å². The van der Waals surface area contributed by atoms with Crippen molar-refractivity contribution in [2.24, 2.45) is 0 Å². The molecule has 0 aliphatic carbocycles. The smallest absolute Gasteiger partial charge is 0.319 e. The average molecular weight is 288 g/mol. The van der Waals surface area contributed by atoms with Crippen LogP contribution in [0.5, 0.6) is 0 Å². The second-order valence-electron chi connectivity index (χ2n) is 4.92. The van der Waals surface area contributed by atoms with Gasteiger partial charge in [0.1, 0.15) is 0 Å². The Morgan fingerprint density at radius 2 is 2.29 bits per heavy atom. The maximum Gasteiger partial charge on any atom is 0.319 e. The van der Waals surface area contributed by atoms with Gasteiger partial charge in [0.15, 0.2) is 0 Å². The summed E-state index contributed by atoms with van der Waals surface area (Å²) in [5, 5.41) is 18.5. The number of aliphatic hydroxyl groups excluding tert-OH is 1. The first-order valence-corrected chi connectivity index (χ1v) is 6.92. The van der Waals surface area contributed by atoms with Crippen LogP contribution >= 0.6 is 0 Å². The fraction of sp³-hybridized carbons (Fsp3) is 0.333. The molecular weight excluding hydrogens is 268 g/mol. The molecule has 6 heteroatoms. The minimum atomic E-state index is -0.271. The maximum absolute atomic E-state index is 11.8. The van der Waals surface area contributed by atoms with E-state index < -0.39 is 0 Å². The molecule has 0 unspecified atom stereocenters. The zero-order valence-electron chi connectivity index (χ0n) is 12.0. The van der Waals surface area contributed by atoms with E-state index in [4.69, 9.17) is 5.11 Å². The minimum Gasteiger partial charge on any atom is -0.396 e. The Morgan fingerprint density at radius 1 is 1.43 bits per heavy atom. The average Bonchev–Trinajstić information content (AvgIpc) is 2.92. The van der Waals surface area contributed by atoms with E-state index in [2.05, 4.69) is 15.7 Å². The Kier molecular flexibility index (Phi) is 5.34. The van der Waals surface area contributed by atoms with Gasteiger partial charge >= 0.3 is 6.03 Å². The van der Waals surface area contributed by atoms with E-state index in [1.54, 1.807) is 6.20 Å². The van der Waals surface area contributed by atoms with Crippen molar-refractivity contribution >= 4 is 11.7 Å². The predicted molar refractivity (Wildman–Crippen MR) is 81.1 cm³/mol. The van der Waals surface area contributed by atoms with E-state index in [1.165, 1.54) is 0 Å². The van der Waals surface area contributed by atoms with Gasteiger partial charge in [0.25, 0.3) is 0 Å². The molecule has 2 aromatic rings. The molecule has 6 nitrogen and oxygen atoms in total. The highest BCUT2D eigenvalue weighted by molar-refractivity contribution is 5.89. The lowest BCUT2D eigenvalue weighted by atomic mass is 10.2. The molecular formula is C15H20N4O2. The summed E-state index contributed by atoms with van der Waals surface area (Å²) in [6, 6.07) is 9.17. The standard InChI is InChI=1S/C15H20N4O2/c1-12(6-9-20)17-15(21)18-14-5-2-4-13(10-14)11-19-8-3-7-16-19/h2-5,7-8,10,12,20H,6,9,11H2,1H3,(H2,17,18,21)/t12-/m1/s1. The van der Waals surface area contributed by atoms with Crippen LogP contribution in [-0.4, -0.2) is 33.6 Å². The van der Waals surface area contributed by atoms with E-state index in [1.807, 2.05) is 48.1 Å². The number of carbonyl (C=O) groups is 1. The monoisotopic (exact) mass is 288 g/mol. The summed E-state index contributed by atoms with van der Waals surface area (Å²) in [5.74, 6) is 0. The van der Waals surface area contributed by atoms with E-state index in [-0.39, 0.29) is 18.7 Å². The fourth-order valence-electron chi connectivity index (χ4n) is 1.99. The third kappa shape index (κ3) is 4.92. The molecule has 0 fully saturated rings. The topological polar surface area (TPSA) is 79.2 Å². The molecule has 21 heavy (non-hydrogen) atoms. The summed E-state index contributed by atoms with van der Waals surface area (Å²) < 4.78 is 1.82. The molecule has 0 spiro atoms. The molecule has 1 heterocycles. The van der Waals surface area contributed by atoms with Crippen LogP contribution in [0.2, 0.25) is 0 Å². The normalized spacial score (nSPS) is 11.9. The number of amides is 2. The van der Waals surface area contributed by atoms with Crippen LogP contribution < -0.4 is 10.6 Å². The molecule has 0 aliphatic heterocycles. The van der Waals surface area contributed by atoms with E-state index in [9.17, 15) is 4.79 Å². The van der Waals surface area contributed by atoms with Gasteiger partial charge in [0.05, 0.1) is 6.54 Å². The maximum atomic E-state index is 11.8. The Hall–Kier alpha value is -2.34. The zero-order valence-corrected chi connectivity index (χ0v) is 12.0. The molecule has 1 aromatic heterocycles. The molecule has 0 bridgehead atoms. The number of hydrogen-bond acceptors (Lipinski definition) is 3. The van der Waals surface area contributed by atoms with E-state index in [0.29, 0.717) is 13.0 Å². The molecule has 0 saturated carbocycles. The summed E-state index contributed by atoms with van der Waals surface area (Å²) in [4.78, 5) is 11.8.